The molecule has 8 heteroatoms. The molecule has 0 atom stereocenters. The topological polar surface area (TPSA) is 43.9 Å². The van der Waals surface area contributed by atoms with E-state index in [1.165, 1.54) is 11.8 Å². The molecule has 3 rings (SSSR count). The Morgan fingerprint density at radius 2 is 2.04 bits per heavy atom. The van der Waals surface area contributed by atoms with Gasteiger partial charge in [-0.1, -0.05) is 52.0 Å². The number of likely N-dealkylation sites (N-methyl/N-ethyl adjacent to an activating group) is 1. The maximum Gasteiger partial charge on any atom is 0.266 e. The third-order valence-electron chi connectivity index (χ3n) is 4.65. The van der Waals surface area contributed by atoms with Gasteiger partial charge in [0.05, 0.1) is 4.91 Å². The van der Waals surface area contributed by atoms with Crippen molar-refractivity contribution >= 4 is 62.1 Å². The Balaban J connectivity index is 1.52. The van der Waals surface area contributed by atoms with Crippen LogP contribution in [0.5, 0.6) is 0 Å². The van der Waals surface area contributed by atoms with Crippen LogP contribution in [0.2, 0.25) is 0 Å². The van der Waals surface area contributed by atoms with E-state index in [1.807, 2.05) is 35.2 Å². The first kappa shape index (κ1) is 20.5. The first-order valence-corrected chi connectivity index (χ1v) is 10.9. The van der Waals surface area contributed by atoms with Crippen molar-refractivity contribution in [3.05, 3.63) is 39.2 Å². The van der Waals surface area contributed by atoms with Gasteiger partial charge in [0.1, 0.15) is 4.32 Å². The van der Waals surface area contributed by atoms with Gasteiger partial charge in [0.25, 0.3) is 5.91 Å². The van der Waals surface area contributed by atoms with Gasteiger partial charge in [-0.15, -0.1) is 0 Å². The van der Waals surface area contributed by atoms with Crippen LogP contribution in [-0.4, -0.2) is 70.6 Å². The van der Waals surface area contributed by atoms with Crippen molar-refractivity contribution in [1.29, 1.82) is 0 Å². The quantitative estimate of drug-likeness (QED) is 0.491. The Hall–Kier alpha value is -1.22. The van der Waals surface area contributed by atoms with Crippen LogP contribution < -0.4 is 0 Å². The molecule has 0 spiro atoms. The number of thioether (sulfide) groups is 1. The molecule has 2 heterocycles. The Kier molecular flexibility index (Phi) is 7.08. The molecule has 0 saturated carbocycles. The molecule has 144 valence electrons. The third-order valence-corrected chi connectivity index (χ3v) is 6.52. The summed E-state index contributed by atoms with van der Waals surface area (Å²) >= 11 is 10.1. The van der Waals surface area contributed by atoms with Crippen molar-refractivity contribution in [2.75, 3.05) is 39.8 Å². The van der Waals surface area contributed by atoms with Gasteiger partial charge >= 0.3 is 0 Å². The largest absolute Gasteiger partial charge is 0.340 e. The van der Waals surface area contributed by atoms with E-state index in [1.54, 1.807) is 4.90 Å². The molecule has 0 N–H and O–H groups in total. The summed E-state index contributed by atoms with van der Waals surface area (Å²) in [5.74, 6) is 0.0928. The number of hydrogen-bond acceptors (Lipinski definition) is 5. The van der Waals surface area contributed by atoms with Crippen molar-refractivity contribution in [3.63, 3.8) is 0 Å². The summed E-state index contributed by atoms with van der Waals surface area (Å²) in [6.07, 6.45) is 2.94. The Morgan fingerprint density at radius 3 is 2.74 bits per heavy atom. The summed E-state index contributed by atoms with van der Waals surface area (Å²) in [6, 6.07) is 7.79. The number of piperazine rings is 1. The number of carbonyl (C=O) groups excluding carboxylic acids is 2. The van der Waals surface area contributed by atoms with Gasteiger partial charge in [-0.2, -0.15) is 0 Å². The fraction of sp³-hybridized carbons (Fsp3) is 0.421. The zero-order valence-corrected chi connectivity index (χ0v) is 18.4. The minimum absolute atomic E-state index is 0.0722. The van der Waals surface area contributed by atoms with Crippen LogP contribution in [0, 0.1) is 0 Å². The normalized spacial score (nSPS) is 20.0. The van der Waals surface area contributed by atoms with E-state index in [-0.39, 0.29) is 11.8 Å². The summed E-state index contributed by atoms with van der Waals surface area (Å²) in [6.45, 7) is 3.89. The molecule has 2 aliphatic heterocycles. The molecule has 27 heavy (non-hydrogen) atoms. The van der Waals surface area contributed by atoms with E-state index in [0.29, 0.717) is 28.6 Å². The van der Waals surface area contributed by atoms with Gasteiger partial charge < -0.3 is 9.80 Å². The molecule has 2 fully saturated rings. The van der Waals surface area contributed by atoms with E-state index < -0.39 is 0 Å². The number of carbonyl (C=O) groups is 2. The highest BCUT2D eigenvalue weighted by molar-refractivity contribution is 9.10. The lowest BCUT2D eigenvalue weighted by molar-refractivity contribution is -0.133. The van der Waals surface area contributed by atoms with Crippen LogP contribution >= 0.6 is 39.9 Å². The number of rotatable bonds is 5. The van der Waals surface area contributed by atoms with Crippen molar-refractivity contribution in [3.8, 4) is 0 Å². The Morgan fingerprint density at radius 1 is 1.30 bits per heavy atom. The molecule has 1 aromatic carbocycles. The standard InChI is InChI=1S/C19H22BrN3O2S2/c1-21-8-10-22(11-9-21)17(24)6-3-7-23-18(25)16(27-19(23)26)13-14-4-2-5-15(20)12-14/h2,4-5,12-13H,3,6-11H2,1H3/b16-13-. The number of benzene rings is 1. The first-order chi connectivity index (χ1) is 12.9. The zero-order valence-electron chi connectivity index (χ0n) is 15.2. The van der Waals surface area contributed by atoms with Crippen molar-refractivity contribution < 1.29 is 9.59 Å². The Bertz CT molecular complexity index is 776. The SMILES string of the molecule is CN1CCN(C(=O)CCCN2C(=O)/C(=C/c3cccc(Br)c3)SC2=S)CC1. The van der Waals surface area contributed by atoms with Crippen molar-refractivity contribution in [2.45, 2.75) is 12.8 Å². The predicted octanol–water partition coefficient (Wildman–Crippen LogP) is 3.20. The molecular weight excluding hydrogens is 446 g/mol. The molecule has 2 amide bonds. The second-order valence-electron chi connectivity index (χ2n) is 6.68. The number of halogens is 1. The molecule has 0 radical (unpaired) electrons. The maximum absolute atomic E-state index is 12.7. The maximum atomic E-state index is 12.7. The van der Waals surface area contributed by atoms with E-state index >= 15 is 0 Å². The lowest BCUT2D eigenvalue weighted by Gasteiger charge is -2.32. The van der Waals surface area contributed by atoms with Gasteiger partial charge in [0.2, 0.25) is 5.91 Å². The molecule has 0 bridgehead atoms. The second kappa shape index (κ2) is 9.32. The highest BCUT2D eigenvalue weighted by Gasteiger charge is 2.31. The highest BCUT2D eigenvalue weighted by atomic mass is 79.9. The summed E-state index contributed by atoms with van der Waals surface area (Å²) < 4.78 is 1.53. The summed E-state index contributed by atoms with van der Waals surface area (Å²) in [5.41, 5.74) is 0.954. The van der Waals surface area contributed by atoms with Crippen LogP contribution in [0.25, 0.3) is 6.08 Å². The lowest BCUT2D eigenvalue weighted by atomic mass is 10.2. The van der Waals surface area contributed by atoms with Crippen LogP contribution in [-0.2, 0) is 9.59 Å². The first-order valence-electron chi connectivity index (χ1n) is 8.91. The average Bonchev–Trinajstić information content (AvgIpc) is 2.89. The minimum Gasteiger partial charge on any atom is -0.340 e. The fourth-order valence-corrected chi connectivity index (χ4v) is 4.77. The number of hydrogen-bond donors (Lipinski definition) is 0. The van der Waals surface area contributed by atoms with Gasteiger partial charge in [0, 0.05) is 43.6 Å². The summed E-state index contributed by atoms with van der Waals surface area (Å²) in [7, 11) is 2.07. The van der Waals surface area contributed by atoms with Gasteiger partial charge in [-0.25, -0.2) is 0 Å². The molecule has 0 unspecified atom stereocenters. The summed E-state index contributed by atoms with van der Waals surface area (Å²) in [5, 5.41) is 0. The molecule has 1 aromatic rings. The fourth-order valence-electron chi connectivity index (χ4n) is 3.04. The molecule has 2 aliphatic rings. The molecular formula is C19H22BrN3O2S2. The zero-order chi connectivity index (χ0) is 19.4. The van der Waals surface area contributed by atoms with Gasteiger partial charge in [-0.3, -0.25) is 14.5 Å². The van der Waals surface area contributed by atoms with Gasteiger partial charge in [0.15, 0.2) is 0 Å². The van der Waals surface area contributed by atoms with E-state index in [9.17, 15) is 9.59 Å². The smallest absolute Gasteiger partial charge is 0.266 e. The highest BCUT2D eigenvalue weighted by Crippen LogP contribution is 2.33. The van der Waals surface area contributed by atoms with Crippen LogP contribution in [0.15, 0.2) is 33.6 Å². The van der Waals surface area contributed by atoms with E-state index in [4.69, 9.17) is 12.2 Å². The lowest BCUT2D eigenvalue weighted by Crippen LogP contribution is -2.47. The predicted molar refractivity (Wildman–Crippen MR) is 117 cm³/mol. The molecule has 2 saturated heterocycles. The van der Waals surface area contributed by atoms with E-state index in [0.717, 1.165) is 36.2 Å². The summed E-state index contributed by atoms with van der Waals surface area (Å²) in [4.78, 5) is 31.4. The number of amides is 2. The molecule has 0 aromatic heterocycles. The molecule has 5 nitrogen and oxygen atoms in total. The van der Waals surface area contributed by atoms with E-state index in [2.05, 4.69) is 27.9 Å². The number of thiocarbonyl (C=S) groups is 1. The average molecular weight is 468 g/mol. The van der Waals surface area contributed by atoms with Crippen LogP contribution in [0.1, 0.15) is 18.4 Å². The van der Waals surface area contributed by atoms with Crippen molar-refractivity contribution in [2.24, 2.45) is 0 Å². The van der Waals surface area contributed by atoms with Crippen LogP contribution in [0.3, 0.4) is 0 Å². The number of nitrogens with zero attached hydrogens (tertiary/aromatic N) is 3. The Labute approximate surface area is 177 Å². The second-order valence-corrected chi connectivity index (χ2v) is 9.27. The minimum atomic E-state index is -0.0722. The molecule has 0 aliphatic carbocycles. The third kappa shape index (κ3) is 5.40. The monoisotopic (exact) mass is 467 g/mol. The van der Waals surface area contributed by atoms with Crippen LogP contribution in [0.4, 0.5) is 0 Å². The van der Waals surface area contributed by atoms with Gasteiger partial charge in [-0.05, 0) is 37.2 Å². The van der Waals surface area contributed by atoms with Crippen molar-refractivity contribution in [1.82, 2.24) is 14.7 Å².